The van der Waals surface area contributed by atoms with E-state index in [-0.39, 0.29) is 11.5 Å². The average molecular weight is 428 g/mol. The third-order valence-electron chi connectivity index (χ3n) is 5.99. The second kappa shape index (κ2) is 8.53. The lowest BCUT2D eigenvalue weighted by Gasteiger charge is -2.30. The van der Waals surface area contributed by atoms with Crippen LogP contribution in [0.4, 0.5) is 13.2 Å². The van der Waals surface area contributed by atoms with Crippen LogP contribution in [0.3, 0.4) is 0 Å². The number of nitrogens with two attached hydrogens (primary N) is 1. The van der Waals surface area contributed by atoms with Gasteiger partial charge < -0.3 is 5.73 Å². The summed E-state index contributed by atoms with van der Waals surface area (Å²) >= 11 is 0. The summed E-state index contributed by atoms with van der Waals surface area (Å²) in [5.41, 5.74) is 7.06. The van der Waals surface area contributed by atoms with E-state index in [4.69, 9.17) is 5.73 Å². The molecule has 0 spiro atoms. The van der Waals surface area contributed by atoms with Crippen LogP contribution in [0.1, 0.15) is 53.1 Å². The van der Waals surface area contributed by atoms with E-state index in [1.807, 2.05) is 29.1 Å². The van der Waals surface area contributed by atoms with Crippen LogP contribution in [-0.4, -0.2) is 20.7 Å². The number of aromatic nitrogens is 3. The van der Waals surface area contributed by atoms with Gasteiger partial charge in [-0.3, -0.25) is 14.5 Å². The fourth-order valence-electron chi connectivity index (χ4n) is 4.36. The zero-order valence-corrected chi connectivity index (χ0v) is 16.8. The van der Waals surface area contributed by atoms with Crippen molar-refractivity contribution in [3.8, 4) is 11.3 Å². The number of rotatable bonds is 5. The predicted molar refractivity (Wildman–Crippen MR) is 110 cm³/mol. The number of halogens is 3. The molecular formula is C23H23F3N4O. The lowest BCUT2D eigenvalue weighted by atomic mass is 9.77. The number of nitrogens with zero attached hydrogens (tertiary/aromatic N) is 3. The second-order valence-corrected chi connectivity index (χ2v) is 8.04. The summed E-state index contributed by atoms with van der Waals surface area (Å²) < 4.78 is 41.0. The van der Waals surface area contributed by atoms with Crippen LogP contribution >= 0.6 is 0 Å². The molecule has 3 aromatic rings. The molecule has 0 atom stereocenters. The van der Waals surface area contributed by atoms with E-state index in [1.54, 1.807) is 12.4 Å². The number of benzene rings is 1. The summed E-state index contributed by atoms with van der Waals surface area (Å²) in [5.74, 6) is -0.359. The number of primary amides is 1. The lowest BCUT2D eigenvalue weighted by molar-refractivity contribution is -0.137. The number of pyridine rings is 1. The first-order chi connectivity index (χ1) is 14.8. The van der Waals surface area contributed by atoms with E-state index in [0.29, 0.717) is 11.5 Å². The molecule has 0 unspecified atom stereocenters. The van der Waals surface area contributed by atoms with Crippen molar-refractivity contribution < 1.29 is 18.0 Å². The van der Waals surface area contributed by atoms with Gasteiger partial charge in [-0.25, -0.2) is 0 Å². The number of carbonyl (C=O) groups is 1. The minimum Gasteiger partial charge on any atom is -0.366 e. The van der Waals surface area contributed by atoms with Crippen LogP contribution in [0.25, 0.3) is 11.3 Å². The van der Waals surface area contributed by atoms with Crippen molar-refractivity contribution in [1.82, 2.24) is 14.8 Å². The molecule has 0 saturated heterocycles. The van der Waals surface area contributed by atoms with Crippen molar-refractivity contribution in [2.45, 2.75) is 44.3 Å². The molecule has 1 aromatic carbocycles. The summed E-state index contributed by atoms with van der Waals surface area (Å²) in [6, 6.07) is 9.15. The van der Waals surface area contributed by atoms with Crippen LogP contribution in [-0.2, 0) is 12.7 Å². The Morgan fingerprint density at radius 1 is 1.06 bits per heavy atom. The van der Waals surface area contributed by atoms with Gasteiger partial charge in [0.2, 0.25) is 5.91 Å². The highest BCUT2D eigenvalue weighted by Crippen LogP contribution is 2.39. The van der Waals surface area contributed by atoms with Crippen LogP contribution in [0.5, 0.6) is 0 Å². The third kappa shape index (κ3) is 4.78. The van der Waals surface area contributed by atoms with Gasteiger partial charge in [0.1, 0.15) is 0 Å². The Kier molecular flexibility index (Phi) is 5.80. The molecule has 31 heavy (non-hydrogen) atoms. The van der Waals surface area contributed by atoms with Crippen LogP contribution < -0.4 is 5.73 Å². The highest BCUT2D eigenvalue weighted by Gasteiger charge is 2.33. The fraction of sp³-hybridized carbons (Fsp3) is 0.348. The zero-order valence-electron chi connectivity index (χ0n) is 16.8. The molecule has 1 aliphatic rings. The summed E-state index contributed by atoms with van der Waals surface area (Å²) in [6.07, 6.45) is 4.35. The summed E-state index contributed by atoms with van der Waals surface area (Å²) in [5, 5.41) is 4.64. The minimum atomic E-state index is -4.50. The monoisotopic (exact) mass is 428 g/mol. The van der Waals surface area contributed by atoms with E-state index in [2.05, 4.69) is 10.1 Å². The zero-order chi connectivity index (χ0) is 22.0. The molecule has 162 valence electrons. The van der Waals surface area contributed by atoms with Gasteiger partial charge in [-0.1, -0.05) is 6.07 Å². The Labute approximate surface area is 178 Å². The van der Waals surface area contributed by atoms with Gasteiger partial charge >= 0.3 is 6.18 Å². The van der Waals surface area contributed by atoms with E-state index in [1.165, 1.54) is 6.07 Å². The maximum atomic E-state index is 13.0. The SMILES string of the molecule is NC(=O)c1cc(C(F)(F)F)ccc1[C@H]1CC[C@H](Cn2ccc(-c3ccncc3)n2)CC1. The highest BCUT2D eigenvalue weighted by molar-refractivity contribution is 5.94. The van der Waals surface area contributed by atoms with Crippen molar-refractivity contribution in [2.24, 2.45) is 11.7 Å². The van der Waals surface area contributed by atoms with Crippen LogP contribution in [0.15, 0.2) is 55.0 Å². The van der Waals surface area contributed by atoms with Gasteiger partial charge in [-0.15, -0.1) is 0 Å². The number of amides is 1. The molecule has 1 fully saturated rings. The van der Waals surface area contributed by atoms with E-state index in [0.717, 1.165) is 55.6 Å². The first-order valence-corrected chi connectivity index (χ1v) is 10.3. The Morgan fingerprint density at radius 3 is 2.42 bits per heavy atom. The molecule has 0 bridgehead atoms. The quantitative estimate of drug-likeness (QED) is 0.619. The number of hydrogen-bond donors (Lipinski definition) is 1. The topological polar surface area (TPSA) is 73.8 Å². The van der Waals surface area contributed by atoms with Gasteiger partial charge in [-0.05, 0) is 73.4 Å². The van der Waals surface area contributed by atoms with Gasteiger partial charge in [-0.2, -0.15) is 18.3 Å². The van der Waals surface area contributed by atoms with Gasteiger partial charge in [0.25, 0.3) is 0 Å². The molecule has 8 heteroatoms. The molecule has 1 saturated carbocycles. The number of carbonyl (C=O) groups excluding carboxylic acids is 1. The Balaban J connectivity index is 1.41. The summed E-state index contributed by atoms with van der Waals surface area (Å²) in [7, 11) is 0. The molecule has 2 aromatic heterocycles. The first kappa shape index (κ1) is 21.1. The van der Waals surface area contributed by atoms with Crippen LogP contribution in [0.2, 0.25) is 0 Å². The molecule has 2 N–H and O–H groups in total. The van der Waals surface area contributed by atoms with E-state index < -0.39 is 17.6 Å². The Morgan fingerprint density at radius 2 is 1.77 bits per heavy atom. The van der Waals surface area contributed by atoms with E-state index in [9.17, 15) is 18.0 Å². The standard InChI is InChI=1S/C23H23F3N4O/c24-23(25,26)18-5-6-19(20(13-18)22(27)31)16-3-1-15(2-4-16)14-30-12-9-21(29-30)17-7-10-28-11-8-17/h5-13,15-16H,1-4,14H2,(H2,27,31)/t15-,16-. The largest absolute Gasteiger partial charge is 0.416 e. The van der Waals surface area contributed by atoms with Gasteiger partial charge in [0, 0.05) is 36.3 Å². The number of hydrogen-bond acceptors (Lipinski definition) is 3. The van der Waals surface area contributed by atoms with Crippen molar-refractivity contribution in [1.29, 1.82) is 0 Å². The van der Waals surface area contributed by atoms with Crippen molar-refractivity contribution in [3.05, 3.63) is 71.7 Å². The normalized spacial score (nSPS) is 19.3. The fourth-order valence-corrected chi connectivity index (χ4v) is 4.36. The van der Waals surface area contributed by atoms with Crippen molar-refractivity contribution in [2.75, 3.05) is 0 Å². The Bertz CT molecular complexity index is 1050. The smallest absolute Gasteiger partial charge is 0.366 e. The average Bonchev–Trinajstić information content (AvgIpc) is 3.22. The van der Waals surface area contributed by atoms with E-state index >= 15 is 0 Å². The Hall–Kier alpha value is -3.16. The molecule has 4 rings (SSSR count). The second-order valence-electron chi connectivity index (χ2n) is 8.04. The maximum absolute atomic E-state index is 13.0. The third-order valence-corrected chi connectivity index (χ3v) is 5.99. The molecule has 0 aliphatic heterocycles. The molecule has 2 heterocycles. The molecule has 1 amide bonds. The maximum Gasteiger partial charge on any atom is 0.416 e. The molecule has 5 nitrogen and oxygen atoms in total. The summed E-state index contributed by atoms with van der Waals surface area (Å²) in [6.45, 7) is 0.785. The van der Waals surface area contributed by atoms with Gasteiger partial charge in [0.05, 0.1) is 11.3 Å². The van der Waals surface area contributed by atoms with Crippen LogP contribution in [0, 0.1) is 5.92 Å². The van der Waals surface area contributed by atoms with Crippen molar-refractivity contribution >= 4 is 5.91 Å². The number of alkyl halides is 3. The lowest BCUT2D eigenvalue weighted by Crippen LogP contribution is -2.22. The molecular weight excluding hydrogens is 405 g/mol. The minimum absolute atomic E-state index is 0.0210. The molecule has 0 radical (unpaired) electrons. The summed E-state index contributed by atoms with van der Waals surface area (Å²) in [4.78, 5) is 15.8. The molecule has 1 aliphatic carbocycles. The highest BCUT2D eigenvalue weighted by atomic mass is 19.4. The van der Waals surface area contributed by atoms with Gasteiger partial charge in [0.15, 0.2) is 0 Å². The van der Waals surface area contributed by atoms with Crippen molar-refractivity contribution in [3.63, 3.8) is 0 Å². The first-order valence-electron chi connectivity index (χ1n) is 10.3. The predicted octanol–water partition coefficient (Wildman–Crippen LogP) is 5.04.